The van der Waals surface area contributed by atoms with Crippen molar-refractivity contribution in [2.24, 2.45) is 0 Å². The van der Waals surface area contributed by atoms with Crippen LogP contribution in [0, 0.1) is 0 Å². The van der Waals surface area contributed by atoms with Gasteiger partial charge in [-0.15, -0.1) is 0 Å². The average molecular weight is 391 g/mol. The highest BCUT2D eigenvalue weighted by atomic mass is 16.6. The number of H-pyrrole nitrogens is 1. The lowest BCUT2D eigenvalue weighted by atomic mass is 10.6. The molecule has 1 aromatic rings. The lowest BCUT2D eigenvalue weighted by Crippen LogP contribution is -2.50. The highest BCUT2D eigenvalue weighted by molar-refractivity contribution is 5.67. The van der Waals surface area contributed by atoms with Gasteiger partial charge < -0.3 is 30.3 Å². The molecule has 0 radical (unpaired) electrons. The monoisotopic (exact) mass is 391 g/mol. The second kappa shape index (κ2) is 11.5. The van der Waals surface area contributed by atoms with Crippen molar-refractivity contribution in [3.05, 3.63) is 31.5 Å². The Labute approximate surface area is 151 Å². The van der Waals surface area contributed by atoms with Crippen LogP contribution in [0.1, 0.15) is 0 Å². The number of aliphatic hydroxyl groups excluding tert-OH is 2. The third-order valence-electron chi connectivity index (χ3n) is 3.02. The van der Waals surface area contributed by atoms with Crippen molar-refractivity contribution in [3.8, 4) is 0 Å². The molecule has 0 aliphatic heterocycles. The van der Waals surface area contributed by atoms with Crippen LogP contribution in [0.15, 0.2) is 14.4 Å². The molecular weight excluding hydrogens is 370 g/mol. The molecule has 27 heavy (non-hydrogen) atoms. The van der Waals surface area contributed by atoms with Gasteiger partial charge in [0.25, 0.3) is 0 Å². The smallest absolute Gasteiger partial charge is 0.407 e. The van der Waals surface area contributed by atoms with Gasteiger partial charge >= 0.3 is 29.3 Å². The normalized spacial score (nSPS) is 10.3. The van der Waals surface area contributed by atoms with E-state index in [1.54, 1.807) is 0 Å². The van der Waals surface area contributed by atoms with Crippen molar-refractivity contribution in [1.29, 1.82) is 0 Å². The van der Waals surface area contributed by atoms with E-state index in [2.05, 4.69) is 10.6 Å². The molecular formula is C13H21N5O9. The van der Waals surface area contributed by atoms with E-state index in [4.69, 9.17) is 19.7 Å². The third kappa shape index (κ3) is 7.33. The summed E-state index contributed by atoms with van der Waals surface area (Å²) in [5, 5.41) is 21.5. The summed E-state index contributed by atoms with van der Waals surface area (Å²) in [4.78, 5) is 60.1. The topological polar surface area (TPSA) is 194 Å². The first-order valence-electron chi connectivity index (χ1n) is 7.87. The highest BCUT2D eigenvalue weighted by Crippen LogP contribution is 1.82. The van der Waals surface area contributed by atoms with E-state index in [1.165, 1.54) is 0 Å². The van der Waals surface area contributed by atoms with Gasteiger partial charge in [-0.05, 0) is 0 Å². The fourth-order valence-electron chi connectivity index (χ4n) is 1.82. The SMILES string of the molecule is O=C(NCCO)OCCn1c(=O)[nH]c(=O)n(CCOC(=O)NCCO)c1=O. The summed E-state index contributed by atoms with van der Waals surface area (Å²) in [5.41, 5.74) is -2.94. The fraction of sp³-hybridized carbons (Fsp3) is 0.615. The molecule has 1 heterocycles. The lowest BCUT2D eigenvalue weighted by Gasteiger charge is -2.10. The van der Waals surface area contributed by atoms with Crippen molar-refractivity contribution in [2.45, 2.75) is 13.1 Å². The Hall–Kier alpha value is -3.13. The zero-order valence-electron chi connectivity index (χ0n) is 14.3. The standard InChI is InChI=1S/C13H21N5O9/c19-5-1-14-11(23)26-7-3-17-9(21)16-10(22)18(13(17)25)4-8-27-12(24)15-2-6-20/h19-20H,1-8H2,(H,14,23)(H,15,24)(H,16,21,22). The molecule has 0 unspecified atom stereocenters. The zero-order valence-corrected chi connectivity index (χ0v) is 14.3. The maximum Gasteiger partial charge on any atom is 0.407 e. The van der Waals surface area contributed by atoms with Gasteiger partial charge in [-0.2, -0.15) is 0 Å². The summed E-state index contributed by atoms with van der Waals surface area (Å²) >= 11 is 0. The molecule has 0 fully saturated rings. The predicted octanol–water partition coefficient (Wildman–Crippen LogP) is -3.86. The van der Waals surface area contributed by atoms with Crippen LogP contribution in [0.5, 0.6) is 0 Å². The van der Waals surface area contributed by atoms with Gasteiger partial charge in [0.05, 0.1) is 26.3 Å². The number of nitrogens with zero attached hydrogens (tertiary/aromatic N) is 2. The predicted molar refractivity (Wildman–Crippen MR) is 88.5 cm³/mol. The summed E-state index contributed by atoms with van der Waals surface area (Å²) in [5.74, 6) is 0. The molecule has 2 amide bonds. The zero-order chi connectivity index (χ0) is 20.2. The first kappa shape index (κ1) is 21.9. The summed E-state index contributed by atoms with van der Waals surface area (Å²) in [7, 11) is 0. The van der Waals surface area contributed by atoms with E-state index in [1.807, 2.05) is 4.98 Å². The minimum Gasteiger partial charge on any atom is -0.448 e. The largest absolute Gasteiger partial charge is 0.448 e. The van der Waals surface area contributed by atoms with Crippen LogP contribution in [-0.2, 0) is 22.6 Å². The Morgan fingerprint density at radius 2 is 1.26 bits per heavy atom. The molecule has 0 aliphatic rings. The molecule has 0 aromatic carbocycles. The highest BCUT2D eigenvalue weighted by Gasteiger charge is 2.11. The number of ether oxygens (including phenoxy) is 2. The second-order valence-electron chi connectivity index (χ2n) is 4.89. The van der Waals surface area contributed by atoms with E-state index >= 15 is 0 Å². The molecule has 0 spiro atoms. The number of hydrogen-bond acceptors (Lipinski definition) is 9. The fourth-order valence-corrected chi connectivity index (χ4v) is 1.82. The summed E-state index contributed by atoms with van der Waals surface area (Å²) in [6.45, 7) is -1.90. The molecule has 0 bridgehead atoms. The van der Waals surface area contributed by atoms with Crippen LogP contribution in [0.3, 0.4) is 0 Å². The molecule has 0 aliphatic carbocycles. The summed E-state index contributed by atoms with van der Waals surface area (Å²) in [6.07, 6.45) is -1.69. The maximum absolute atomic E-state index is 12.2. The number of nitrogens with one attached hydrogen (secondary N) is 3. The van der Waals surface area contributed by atoms with Crippen LogP contribution >= 0.6 is 0 Å². The van der Waals surface area contributed by atoms with E-state index in [-0.39, 0.29) is 52.6 Å². The minimum absolute atomic E-state index is 0.0177. The molecule has 1 aromatic heterocycles. The number of alkyl carbamates (subject to hydrolysis) is 2. The van der Waals surface area contributed by atoms with Crippen molar-refractivity contribution >= 4 is 12.2 Å². The van der Waals surface area contributed by atoms with Gasteiger partial charge in [0.1, 0.15) is 13.2 Å². The van der Waals surface area contributed by atoms with Gasteiger partial charge in [0.15, 0.2) is 0 Å². The first-order valence-corrected chi connectivity index (χ1v) is 7.87. The first-order chi connectivity index (χ1) is 12.9. The van der Waals surface area contributed by atoms with Crippen LogP contribution in [0.25, 0.3) is 0 Å². The van der Waals surface area contributed by atoms with E-state index < -0.39 is 29.3 Å². The van der Waals surface area contributed by atoms with Crippen LogP contribution in [0.4, 0.5) is 9.59 Å². The number of amides is 2. The molecule has 14 nitrogen and oxygen atoms in total. The Morgan fingerprint density at radius 3 is 1.63 bits per heavy atom. The van der Waals surface area contributed by atoms with Crippen molar-refractivity contribution in [2.75, 3.05) is 39.5 Å². The number of carbonyl (C=O) groups is 2. The van der Waals surface area contributed by atoms with Crippen molar-refractivity contribution < 1.29 is 29.3 Å². The number of aromatic amines is 1. The minimum atomic E-state index is -0.984. The van der Waals surface area contributed by atoms with Crippen LogP contribution in [0.2, 0.25) is 0 Å². The molecule has 152 valence electrons. The Kier molecular flexibility index (Phi) is 9.32. The summed E-state index contributed by atoms with van der Waals surface area (Å²) < 4.78 is 10.7. The van der Waals surface area contributed by atoms with Crippen molar-refractivity contribution in [3.63, 3.8) is 0 Å². The van der Waals surface area contributed by atoms with Crippen LogP contribution < -0.4 is 27.7 Å². The average Bonchev–Trinajstić information content (AvgIpc) is 2.63. The van der Waals surface area contributed by atoms with Crippen molar-refractivity contribution in [1.82, 2.24) is 24.8 Å². The Bertz CT molecular complexity index is 735. The summed E-state index contributed by atoms with van der Waals surface area (Å²) in [6, 6.07) is 0. The molecule has 14 heteroatoms. The third-order valence-corrected chi connectivity index (χ3v) is 3.02. The number of carbonyl (C=O) groups excluding carboxylic acids is 2. The van der Waals surface area contributed by atoms with Gasteiger partial charge in [-0.3, -0.25) is 4.98 Å². The quantitative estimate of drug-likeness (QED) is 0.265. The molecule has 5 N–H and O–H groups in total. The maximum atomic E-state index is 12.2. The van der Waals surface area contributed by atoms with Crippen LogP contribution in [-0.4, -0.2) is 76.0 Å². The van der Waals surface area contributed by atoms with Gasteiger partial charge in [-0.1, -0.05) is 0 Å². The molecule has 1 rings (SSSR count). The van der Waals surface area contributed by atoms with E-state index in [0.717, 1.165) is 0 Å². The number of aromatic nitrogens is 3. The Balaban J connectivity index is 2.70. The Morgan fingerprint density at radius 1 is 0.852 bits per heavy atom. The molecule has 0 saturated heterocycles. The lowest BCUT2D eigenvalue weighted by molar-refractivity contribution is 0.135. The number of aliphatic hydroxyl groups is 2. The van der Waals surface area contributed by atoms with E-state index in [9.17, 15) is 24.0 Å². The van der Waals surface area contributed by atoms with Gasteiger partial charge in [0, 0.05) is 13.1 Å². The van der Waals surface area contributed by atoms with E-state index in [0.29, 0.717) is 9.13 Å². The number of hydrogen-bond donors (Lipinski definition) is 5. The molecule has 0 atom stereocenters. The molecule has 0 saturated carbocycles. The van der Waals surface area contributed by atoms with Gasteiger partial charge in [-0.25, -0.2) is 33.1 Å². The number of rotatable bonds is 10. The second-order valence-corrected chi connectivity index (χ2v) is 4.89. The van der Waals surface area contributed by atoms with Gasteiger partial charge in [0.2, 0.25) is 0 Å².